The summed E-state index contributed by atoms with van der Waals surface area (Å²) in [6.45, 7) is 1.56. The highest BCUT2D eigenvalue weighted by Gasteiger charge is 2.10. The third-order valence-corrected chi connectivity index (χ3v) is 3.45. The molecule has 3 nitrogen and oxygen atoms in total. The second-order valence-corrected chi connectivity index (χ2v) is 4.47. The lowest BCUT2D eigenvalue weighted by Crippen LogP contribution is -2.08. The molecule has 0 aliphatic heterocycles. The van der Waals surface area contributed by atoms with Gasteiger partial charge in [-0.25, -0.2) is 4.98 Å². The van der Waals surface area contributed by atoms with Crippen LogP contribution in [-0.4, -0.2) is 17.8 Å². The molecule has 0 aliphatic carbocycles. The Hall–Kier alpha value is -1.68. The van der Waals surface area contributed by atoms with Crippen molar-refractivity contribution in [2.24, 2.45) is 0 Å². The third kappa shape index (κ3) is 2.12. The first-order valence-electron chi connectivity index (χ1n) is 4.94. The second kappa shape index (κ2) is 4.45. The van der Waals surface area contributed by atoms with Crippen LogP contribution >= 0.6 is 11.3 Å². The van der Waals surface area contributed by atoms with Crippen molar-refractivity contribution in [1.29, 1.82) is 0 Å². The van der Waals surface area contributed by atoms with E-state index >= 15 is 0 Å². The largest absolute Gasteiger partial charge is 0.321 e. The fraction of sp³-hybridized carbons (Fsp3) is 0.167. The summed E-state index contributed by atoms with van der Waals surface area (Å²) in [5, 5.41) is 0.830. The fourth-order valence-corrected chi connectivity index (χ4v) is 2.14. The molecule has 0 unspecified atom stereocenters. The maximum absolute atomic E-state index is 11.2. The van der Waals surface area contributed by atoms with Crippen LogP contribution in [0.25, 0.3) is 0 Å². The van der Waals surface area contributed by atoms with E-state index in [0.717, 1.165) is 10.8 Å². The van der Waals surface area contributed by atoms with E-state index in [1.54, 1.807) is 13.1 Å². The molecule has 0 fully saturated rings. The fourth-order valence-electron chi connectivity index (χ4n) is 1.34. The molecule has 2 aromatic rings. The van der Waals surface area contributed by atoms with Gasteiger partial charge in [-0.05, 0) is 12.1 Å². The number of benzene rings is 1. The van der Waals surface area contributed by atoms with Crippen molar-refractivity contribution in [2.45, 2.75) is 6.92 Å². The van der Waals surface area contributed by atoms with Crippen LogP contribution in [0, 0.1) is 0 Å². The molecule has 0 saturated heterocycles. The highest BCUT2D eigenvalue weighted by molar-refractivity contribution is 7.17. The van der Waals surface area contributed by atoms with Crippen LogP contribution in [0.4, 0.5) is 10.8 Å². The highest BCUT2D eigenvalue weighted by Crippen LogP contribution is 2.27. The number of hydrogen-bond acceptors (Lipinski definition) is 4. The lowest BCUT2D eigenvalue weighted by molar-refractivity contribution is 0.102. The van der Waals surface area contributed by atoms with E-state index < -0.39 is 0 Å². The average Bonchev–Trinajstić information content (AvgIpc) is 2.78. The first-order chi connectivity index (χ1) is 7.68. The van der Waals surface area contributed by atoms with Gasteiger partial charge in [0, 0.05) is 19.7 Å². The predicted octanol–water partition coefficient (Wildman–Crippen LogP) is 3.11. The van der Waals surface area contributed by atoms with Gasteiger partial charge < -0.3 is 4.90 Å². The number of hydrogen-bond donors (Lipinski definition) is 0. The molecule has 0 atom stereocenters. The van der Waals surface area contributed by atoms with Gasteiger partial charge in [-0.3, -0.25) is 4.79 Å². The van der Waals surface area contributed by atoms with Gasteiger partial charge in [0.2, 0.25) is 0 Å². The van der Waals surface area contributed by atoms with Crippen LogP contribution < -0.4 is 4.90 Å². The molecule has 1 heterocycles. The van der Waals surface area contributed by atoms with Gasteiger partial charge in [-0.2, -0.15) is 0 Å². The van der Waals surface area contributed by atoms with Crippen LogP contribution in [0.5, 0.6) is 0 Å². The van der Waals surface area contributed by atoms with Gasteiger partial charge in [-0.15, -0.1) is 0 Å². The first kappa shape index (κ1) is 10.8. The standard InChI is InChI=1S/C12H12N2OS/c1-9(15)11-8-13-12(16-11)14(2)10-6-4-3-5-7-10/h3-8H,1-2H3. The molecule has 16 heavy (non-hydrogen) atoms. The zero-order valence-corrected chi connectivity index (χ0v) is 9.99. The number of para-hydroxylation sites is 1. The van der Waals surface area contributed by atoms with Gasteiger partial charge in [0.15, 0.2) is 10.9 Å². The number of Topliss-reactive ketones (excluding diaryl/α,β-unsaturated/α-hetero) is 1. The molecule has 82 valence electrons. The SMILES string of the molecule is CC(=O)c1cnc(N(C)c2ccccc2)s1. The number of carbonyl (C=O) groups is 1. The van der Waals surface area contributed by atoms with Crippen molar-refractivity contribution in [3.8, 4) is 0 Å². The minimum Gasteiger partial charge on any atom is -0.321 e. The molecule has 1 aromatic carbocycles. The lowest BCUT2D eigenvalue weighted by atomic mass is 10.3. The summed E-state index contributed by atoms with van der Waals surface area (Å²) in [6, 6.07) is 9.94. The Morgan fingerprint density at radius 2 is 2.00 bits per heavy atom. The minimum absolute atomic E-state index is 0.0604. The van der Waals surface area contributed by atoms with E-state index in [-0.39, 0.29) is 5.78 Å². The Morgan fingerprint density at radius 1 is 1.31 bits per heavy atom. The Bertz CT molecular complexity index is 493. The second-order valence-electron chi connectivity index (χ2n) is 3.46. The monoisotopic (exact) mass is 232 g/mol. The predicted molar refractivity (Wildman–Crippen MR) is 66.6 cm³/mol. The molecule has 4 heteroatoms. The number of carbonyl (C=O) groups excluding carboxylic acids is 1. The molecule has 0 spiro atoms. The van der Waals surface area contributed by atoms with Crippen LogP contribution in [0.3, 0.4) is 0 Å². The first-order valence-corrected chi connectivity index (χ1v) is 5.75. The molecule has 0 aliphatic rings. The quantitative estimate of drug-likeness (QED) is 0.762. The number of rotatable bonds is 3. The van der Waals surface area contributed by atoms with Gasteiger partial charge in [0.1, 0.15) is 0 Å². The summed E-state index contributed by atoms with van der Waals surface area (Å²) in [6.07, 6.45) is 1.63. The smallest absolute Gasteiger partial charge is 0.190 e. The average molecular weight is 232 g/mol. The number of nitrogens with zero attached hydrogens (tertiary/aromatic N) is 2. The lowest BCUT2D eigenvalue weighted by Gasteiger charge is -2.15. The Kier molecular flexibility index (Phi) is 3.01. The summed E-state index contributed by atoms with van der Waals surface area (Å²) in [5.41, 5.74) is 1.06. The van der Waals surface area contributed by atoms with Crippen molar-refractivity contribution in [3.63, 3.8) is 0 Å². The summed E-state index contributed by atoms with van der Waals surface area (Å²) in [4.78, 5) is 18.1. The number of anilines is 2. The zero-order chi connectivity index (χ0) is 11.5. The van der Waals surface area contributed by atoms with E-state index in [1.165, 1.54) is 11.3 Å². The number of ketones is 1. The zero-order valence-electron chi connectivity index (χ0n) is 9.18. The Labute approximate surface area is 98.4 Å². The van der Waals surface area contributed by atoms with E-state index in [0.29, 0.717) is 4.88 Å². The third-order valence-electron chi connectivity index (χ3n) is 2.27. The molecular weight excluding hydrogens is 220 g/mol. The van der Waals surface area contributed by atoms with Crippen LogP contribution in [0.2, 0.25) is 0 Å². The molecule has 0 saturated carbocycles. The molecular formula is C12H12N2OS. The maximum atomic E-state index is 11.2. The topological polar surface area (TPSA) is 33.2 Å². The number of thiazole rings is 1. The summed E-state index contributed by atoms with van der Waals surface area (Å²) in [5.74, 6) is 0.0604. The highest BCUT2D eigenvalue weighted by atomic mass is 32.1. The molecule has 0 N–H and O–H groups in total. The summed E-state index contributed by atoms with van der Waals surface area (Å²) >= 11 is 1.41. The van der Waals surface area contributed by atoms with E-state index in [4.69, 9.17) is 0 Å². The van der Waals surface area contributed by atoms with Crippen molar-refractivity contribution in [2.75, 3.05) is 11.9 Å². The molecule has 0 radical (unpaired) electrons. The van der Waals surface area contributed by atoms with Crippen molar-refractivity contribution < 1.29 is 4.79 Å². The van der Waals surface area contributed by atoms with E-state index in [1.807, 2.05) is 42.3 Å². The summed E-state index contributed by atoms with van der Waals surface area (Å²) in [7, 11) is 1.94. The maximum Gasteiger partial charge on any atom is 0.190 e. The normalized spacial score (nSPS) is 10.1. The molecule has 1 aromatic heterocycles. The minimum atomic E-state index is 0.0604. The van der Waals surface area contributed by atoms with Gasteiger partial charge in [0.25, 0.3) is 0 Å². The van der Waals surface area contributed by atoms with Gasteiger partial charge in [-0.1, -0.05) is 29.5 Å². The van der Waals surface area contributed by atoms with Gasteiger partial charge >= 0.3 is 0 Å². The van der Waals surface area contributed by atoms with Crippen LogP contribution in [0.1, 0.15) is 16.6 Å². The van der Waals surface area contributed by atoms with E-state index in [2.05, 4.69) is 4.98 Å². The van der Waals surface area contributed by atoms with Gasteiger partial charge in [0.05, 0.1) is 11.1 Å². The Morgan fingerprint density at radius 3 is 2.56 bits per heavy atom. The van der Waals surface area contributed by atoms with Crippen LogP contribution in [0.15, 0.2) is 36.5 Å². The Balaban J connectivity index is 2.27. The van der Waals surface area contributed by atoms with Crippen LogP contribution in [-0.2, 0) is 0 Å². The van der Waals surface area contributed by atoms with Crippen molar-refractivity contribution >= 4 is 27.9 Å². The van der Waals surface area contributed by atoms with Crippen molar-refractivity contribution in [1.82, 2.24) is 4.98 Å². The summed E-state index contributed by atoms with van der Waals surface area (Å²) < 4.78 is 0. The molecule has 2 rings (SSSR count). The number of aromatic nitrogens is 1. The molecule has 0 bridgehead atoms. The van der Waals surface area contributed by atoms with Crippen molar-refractivity contribution in [3.05, 3.63) is 41.4 Å². The molecule has 0 amide bonds. The van der Waals surface area contributed by atoms with E-state index in [9.17, 15) is 4.79 Å².